The van der Waals surface area contributed by atoms with Crippen LogP contribution in [0, 0.1) is 0 Å². The van der Waals surface area contributed by atoms with Crippen LogP contribution in [0.15, 0.2) is 83.3 Å². The third-order valence-corrected chi connectivity index (χ3v) is 4.44. The summed E-state index contributed by atoms with van der Waals surface area (Å²) in [5.74, 6) is 1.29. The maximum absolute atomic E-state index is 12.7. The van der Waals surface area contributed by atoms with E-state index in [1.807, 2.05) is 61.5 Å². The lowest BCUT2D eigenvalue weighted by atomic mass is 10.1. The van der Waals surface area contributed by atoms with E-state index in [-0.39, 0.29) is 5.91 Å². The van der Waals surface area contributed by atoms with Gasteiger partial charge in [0, 0.05) is 16.7 Å². The summed E-state index contributed by atoms with van der Waals surface area (Å²) >= 11 is 0. The highest BCUT2D eigenvalue weighted by atomic mass is 16.5. The zero-order valence-corrected chi connectivity index (χ0v) is 16.5. The highest BCUT2D eigenvalue weighted by Gasteiger charge is 2.13. The van der Waals surface area contributed by atoms with E-state index in [1.165, 1.54) is 0 Å². The van der Waals surface area contributed by atoms with Gasteiger partial charge in [-0.25, -0.2) is 0 Å². The van der Waals surface area contributed by atoms with E-state index in [0.29, 0.717) is 35.4 Å². The molecule has 0 saturated heterocycles. The summed E-state index contributed by atoms with van der Waals surface area (Å²) in [5, 5.41) is 11.1. The Kier molecular flexibility index (Phi) is 5.85. The second-order valence-electron chi connectivity index (χ2n) is 6.65. The van der Waals surface area contributed by atoms with Crippen molar-refractivity contribution in [3.8, 4) is 28.7 Å². The number of anilines is 1. The predicted molar refractivity (Wildman–Crippen MR) is 115 cm³/mol. The molecular weight excluding hydrogens is 378 g/mol. The van der Waals surface area contributed by atoms with Gasteiger partial charge in [-0.15, -0.1) is 10.2 Å². The first-order valence-corrected chi connectivity index (χ1v) is 9.77. The lowest BCUT2D eigenvalue weighted by Gasteiger charge is -2.12. The third kappa shape index (κ3) is 4.38. The van der Waals surface area contributed by atoms with E-state index in [4.69, 9.17) is 9.15 Å². The van der Waals surface area contributed by atoms with E-state index >= 15 is 0 Å². The van der Waals surface area contributed by atoms with Crippen LogP contribution in [0.5, 0.6) is 5.75 Å². The van der Waals surface area contributed by atoms with Crippen molar-refractivity contribution in [2.24, 2.45) is 0 Å². The monoisotopic (exact) mass is 399 g/mol. The number of carbonyl (C=O) groups is 1. The van der Waals surface area contributed by atoms with Gasteiger partial charge in [0.25, 0.3) is 5.91 Å². The highest BCUT2D eigenvalue weighted by molar-refractivity contribution is 6.05. The van der Waals surface area contributed by atoms with Crippen LogP contribution in [0.1, 0.15) is 23.7 Å². The van der Waals surface area contributed by atoms with Gasteiger partial charge in [0.1, 0.15) is 5.75 Å². The number of amides is 1. The van der Waals surface area contributed by atoms with Crippen molar-refractivity contribution in [2.45, 2.75) is 13.3 Å². The number of ether oxygens (including phenoxy) is 1. The van der Waals surface area contributed by atoms with Crippen molar-refractivity contribution >= 4 is 11.6 Å². The minimum Gasteiger partial charge on any atom is -0.491 e. The Labute approximate surface area is 174 Å². The second-order valence-corrected chi connectivity index (χ2v) is 6.65. The van der Waals surface area contributed by atoms with Crippen molar-refractivity contribution in [3.05, 3.63) is 84.4 Å². The van der Waals surface area contributed by atoms with Gasteiger partial charge >= 0.3 is 0 Å². The molecule has 0 bridgehead atoms. The molecule has 1 N–H and O–H groups in total. The molecule has 4 rings (SSSR count). The Balaban J connectivity index is 1.48. The van der Waals surface area contributed by atoms with E-state index < -0.39 is 0 Å². The normalized spacial score (nSPS) is 10.6. The highest BCUT2D eigenvalue weighted by Crippen LogP contribution is 2.26. The van der Waals surface area contributed by atoms with Gasteiger partial charge in [-0.2, -0.15) is 0 Å². The molecule has 0 aliphatic carbocycles. The number of benzene rings is 3. The summed E-state index contributed by atoms with van der Waals surface area (Å²) in [7, 11) is 0. The Morgan fingerprint density at radius 3 is 2.20 bits per heavy atom. The summed E-state index contributed by atoms with van der Waals surface area (Å²) in [4.78, 5) is 12.7. The largest absolute Gasteiger partial charge is 0.491 e. The van der Waals surface area contributed by atoms with Crippen molar-refractivity contribution in [1.29, 1.82) is 0 Å². The summed E-state index contributed by atoms with van der Waals surface area (Å²) in [6.07, 6.45) is 0.894. The van der Waals surface area contributed by atoms with Crippen LogP contribution >= 0.6 is 0 Å². The number of rotatable bonds is 7. The molecule has 0 atom stereocenters. The first-order valence-electron chi connectivity index (χ1n) is 9.77. The fourth-order valence-electron chi connectivity index (χ4n) is 2.90. The molecule has 0 fully saturated rings. The summed E-state index contributed by atoms with van der Waals surface area (Å²) in [6.45, 7) is 2.63. The van der Waals surface area contributed by atoms with E-state index in [1.54, 1.807) is 24.3 Å². The van der Waals surface area contributed by atoms with Crippen LogP contribution in [0.2, 0.25) is 0 Å². The number of aromatic nitrogens is 2. The fraction of sp³-hybridized carbons (Fsp3) is 0.125. The number of nitrogens with zero attached hydrogens (tertiary/aromatic N) is 2. The first-order chi connectivity index (χ1) is 14.7. The summed E-state index contributed by atoms with van der Waals surface area (Å²) in [5.41, 5.74) is 2.76. The SMILES string of the molecule is CCCOc1ccccc1NC(=O)c1ccc(-c2nnc(-c3ccccc3)o2)cc1. The quantitative estimate of drug-likeness (QED) is 0.447. The predicted octanol–water partition coefficient (Wildman–Crippen LogP) is 5.44. The number of carbonyl (C=O) groups excluding carboxylic acids is 1. The molecule has 3 aromatic carbocycles. The van der Waals surface area contributed by atoms with Gasteiger partial charge in [0.05, 0.1) is 12.3 Å². The Morgan fingerprint density at radius 1 is 0.867 bits per heavy atom. The van der Waals surface area contributed by atoms with E-state index in [2.05, 4.69) is 15.5 Å². The van der Waals surface area contributed by atoms with Crippen molar-refractivity contribution in [3.63, 3.8) is 0 Å². The number of nitrogens with one attached hydrogen (secondary N) is 1. The smallest absolute Gasteiger partial charge is 0.255 e. The number of hydrogen-bond acceptors (Lipinski definition) is 5. The molecule has 0 radical (unpaired) electrons. The maximum atomic E-state index is 12.7. The Morgan fingerprint density at radius 2 is 1.50 bits per heavy atom. The maximum Gasteiger partial charge on any atom is 0.255 e. The molecule has 0 unspecified atom stereocenters. The van der Waals surface area contributed by atoms with Gasteiger partial charge in [-0.1, -0.05) is 37.3 Å². The lowest BCUT2D eigenvalue weighted by Crippen LogP contribution is -2.13. The average molecular weight is 399 g/mol. The van der Waals surface area contributed by atoms with Crippen LogP contribution in [0.4, 0.5) is 5.69 Å². The van der Waals surface area contributed by atoms with Crippen LogP contribution in [0.25, 0.3) is 22.9 Å². The van der Waals surface area contributed by atoms with Gasteiger partial charge in [-0.05, 0) is 55.0 Å². The topological polar surface area (TPSA) is 77.2 Å². The molecular formula is C24H21N3O3. The van der Waals surface area contributed by atoms with Gasteiger partial charge in [0.2, 0.25) is 11.8 Å². The second kappa shape index (κ2) is 9.05. The fourth-order valence-corrected chi connectivity index (χ4v) is 2.90. The molecule has 0 aliphatic heterocycles. The molecule has 6 heteroatoms. The molecule has 4 aromatic rings. The molecule has 1 amide bonds. The molecule has 1 aromatic heterocycles. The zero-order valence-electron chi connectivity index (χ0n) is 16.5. The minimum absolute atomic E-state index is 0.218. The van der Waals surface area contributed by atoms with Gasteiger partial charge in [0.15, 0.2) is 0 Å². The molecule has 6 nitrogen and oxygen atoms in total. The van der Waals surface area contributed by atoms with Gasteiger partial charge in [-0.3, -0.25) is 4.79 Å². The third-order valence-electron chi connectivity index (χ3n) is 4.44. The van der Waals surface area contributed by atoms with Crippen molar-refractivity contribution in [2.75, 3.05) is 11.9 Å². The summed E-state index contributed by atoms with van der Waals surface area (Å²) in [6, 6.07) is 24.0. The molecule has 0 spiro atoms. The standard InChI is InChI=1S/C24H21N3O3/c1-2-16-29-21-11-7-6-10-20(21)25-22(28)17-12-14-19(15-13-17)24-27-26-23(30-24)18-8-4-3-5-9-18/h3-15H,2,16H2,1H3,(H,25,28). The van der Waals surface area contributed by atoms with Crippen LogP contribution in [-0.4, -0.2) is 22.7 Å². The zero-order chi connectivity index (χ0) is 20.8. The summed E-state index contributed by atoms with van der Waals surface area (Å²) < 4.78 is 11.5. The average Bonchev–Trinajstić information content (AvgIpc) is 3.29. The van der Waals surface area contributed by atoms with Crippen LogP contribution in [0.3, 0.4) is 0 Å². The Hall–Kier alpha value is -3.93. The van der Waals surface area contributed by atoms with Gasteiger partial charge < -0.3 is 14.5 Å². The number of hydrogen-bond donors (Lipinski definition) is 1. The molecule has 0 aliphatic rings. The molecule has 150 valence electrons. The number of para-hydroxylation sites is 2. The minimum atomic E-state index is -0.218. The first kappa shape index (κ1) is 19.4. The van der Waals surface area contributed by atoms with Crippen LogP contribution in [-0.2, 0) is 0 Å². The van der Waals surface area contributed by atoms with Crippen molar-refractivity contribution < 1.29 is 13.9 Å². The molecule has 1 heterocycles. The van der Waals surface area contributed by atoms with E-state index in [9.17, 15) is 4.79 Å². The lowest BCUT2D eigenvalue weighted by molar-refractivity contribution is 0.102. The Bertz CT molecular complexity index is 1120. The molecule has 0 saturated carbocycles. The van der Waals surface area contributed by atoms with Crippen LogP contribution < -0.4 is 10.1 Å². The van der Waals surface area contributed by atoms with E-state index in [0.717, 1.165) is 17.5 Å². The molecule has 30 heavy (non-hydrogen) atoms. The van der Waals surface area contributed by atoms with Crippen molar-refractivity contribution in [1.82, 2.24) is 10.2 Å².